The minimum absolute atomic E-state index is 0.0103. The smallest absolute Gasteiger partial charge is 0.410 e. The predicted octanol–water partition coefficient (Wildman–Crippen LogP) is 3.42. The highest BCUT2D eigenvalue weighted by atomic mass is 32.2. The van der Waals surface area contributed by atoms with Crippen LogP contribution in [0, 0.1) is 0 Å². The van der Waals surface area contributed by atoms with Crippen LogP contribution in [0.2, 0.25) is 0 Å². The molecule has 4 nitrogen and oxygen atoms in total. The van der Waals surface area contributed by atoms with Gasteiger partial charge in [0.25, 0.3) is 0 Å². The number of ether oxygens (including phenoxy) is 1. The highest BCUT2D eigenvalue weighted by Gasteiger charge is 2.20. The van der Waals surface area contributed by atoms with E-state index in [1.165, 1.54) is 4.90 Å². The number of hydrogen-bond donors (Lipinski definition) is 1. The van der Waals surface area contributed by atoms with Crippen molar-refractivity contribution in [3.63, 3.8) is 0 Å². The summed E-state index contributed by atoms with van der Waals surface area (Å²) in [4.78, 5) is 15.2. The normalized spacial score (nSPS) is 14.0. The molecule has 1 aliphatic rings. The molecule has 0 saturated heterocycles. The molecule has 0 saturated carbocycles. The second-order valence-corrected chi connectivity index (χ2v) is 6.55. The zero-order valence-corrected chi connectivity index (χ0v) is 13.6. The molecule has 0 atom stereocenters. The van der Waals surface area contributed by atoms with E-state index in [0.717, 1.165) is 22.4 Å². The zero-order chi connectivity index (χ0) is 16.1. The summed E-state index contributed by atoms with van der Waals surface area (Å²) in [6.45, 7) is 1.47. The van der Waals surface area contributed by atoms with Gasteiger partial charge in [0.2, 0.25) is 0 Å². The summed E-state index contributed by atoms with van der Waals surface area (Å²) in [5.74, 6) is 0.839. The Morgan fingerprint density at radius 2 is 2.00 bits per heavy atom. The molecule has 0 unspecified atom stereocenters. The summed E-state index contributed by atoms with van der Waals surface area (Å²) >= 11 is 1.73. The van der Waals surface area contributed by atoms with Gasteiger partial charge in [-0.2, -0.15) is 0 Å². The second-order valence-electron chi connectivity index (χ2n) is 5.41. The van der Waals surface area contributed by atoms with E-state index >= 15 is 0 Å². The highest BCUT2D eigenvalue weighted by molar-refractivity contribution is 7.99. The first-order valence-electron chi connectivity index (χ1n) is 7.57. The van der Waals surface area contributed by atoms with E-state index in [0.29, 0.717) is 13.1 Å². The predicted molar refractivity (Wildman–Crippen MR) is 90.1 cm³/mol. The summed E-state index contributed by atoms with van der Waals surface area (Å²) in [6.07, 6.45) is -0.295. The van der Waals surface area contributed by atoms with Gasteiger partial charge in [0.05, 0.1) is 13.2 Å². The van der Waals surface area contributed by atoms with Crippen molar-refractivity contribution in [2.24, 2.45) is 0 Å². The zero-order valence-electron chi connectivity index (χ0n) is 12.8. The van der Waals surface area contributed by atoms with Crippen LogP contribution in [-0.2, 0) is 24.5 Å². The number of benzene rings is 2. The van der Waals surface area contributed by atoms with Gasteiger partial charge >= 0.3 is 6.09 Å². The SMILES string of the molecule is O=C(OCc1ccccc1)N1CCSc2ccc(CO)cc2C1. The Bertz CT molecular complexity index is 675. The lowest BCUT2D eigenvalue weighted by molar-refractivity contribution is 0.0960. The molecule has 0 aliphatic carbocycles. The summed E-state index contributed by atoms with van der Waals surface area (Å²) in [6, 6.07) is 15.6. The first-order valence-corrected chi connectivity index (χ1v) is 8.56. The van der Waals surface area contributed by atoms with Crippen LogP contribution in [-0.4, -0.2) is 28.4 Å². The van der Waals surface area contributed by atoms with E-state index in [2.05, 4.69) is 0 Å². The molecule has 0 aromatic heterocycles. The van der Waals surface area contributed by atoms with Crippen molar-refractivity contribution in [2.75, 3.05) is 12.3 Å². The molecular formula is C18H19NO3S. The first-order chi connectivity index (χ1) is 11.3. The van der Waals surface area contributed by atoms with Gasteiger partial charge in [0.1, 0.15) is 6.61 Å². The quantitative estimate of drug-likeness (QED) is 0.937. The van der Waals surface area contributed by atoms with E-state index in [1.54, 1.807) is 16.7 Å². The maximum absolute atomic E-state index is 12.3. The highest BCUT2D eigenvalue weighted by Crippen LogP contribution is 2.28. The van der Waals surface area contributed by atoms with Gasteiger partial charge in [-0.1, -0.05) is 42.5 Å². The fourth-order valence-corrected chi connectivity index (χ4v) is 3.52. The van der Waals surface area contributed by atoms with E-state index < -0.39 is 0 Å². The van der Waals surface area contributed by atoms with Crippen molar-refractivity contribution >= 4 is 17.9 Å². The van der Waals surface area contributed by atoms with Crippen LogP contribution in [0.25, 0.3) is 0 Å². The van der Waals surface area contributed by atoms with E-state index in [9.17, 15) is 9.90 Å². The van der Waals surface area contributed by atoms with Crippen molar-refractivity contribution in [1.82, 2.24) is 4.90 Å². The third-order valence-electron chi connectivity index (χ3n) is 3.75. The first kappa shape index (κ1) is 15.9. The number of fused-ring (bicyclic) bond motifs is 1. The summed E-state index contributed by atoms with van der Waals surface area (Å²) < 4.78 is 5.42. The maximum atomic E-state index is 12.3. The van der Waals surface area contributed by atoms with Gasteiger partial charge in [0, 0.05) is 17.2 Å². The number of carbonyl (C=O) groups is 1. The standard InChI is InChI=1S/C18H19NO3S/c20-12-15-6-7-17-16(10-15)11-19(8-9-23-17)18(21)22-13-14-4-2-1-3-5-14/h1-7,10,20H,8-9,11-13H2. The van der Waals surface area contributed by atoms with Crippen LogP contribution in [0.15, 0.2) is 53.4 Å². The Morgan fingerprint density at radius 3 is 2.78 bits per heavy atom. The molecule has 120 valence electrons. The average Bonchev–Trinajstić information content (AvgIpc) is 2.82. The average molecular weight is 329 g/mol. The largest absolute Gasteiger partial charge is 0.445 e. The topological polar surface area (TPSA) is 49.8 Å². The third-order valence-corrected chi connectivity index (χ3v) is 4.85. The molecule has 0 radical (unpaired) electrons. The number of rotatable bonds is 3. The lowest BCUT2D eigenvalue weighted by Crippen LogP contribution is -2.32. The van der Waals surface area contributed by atoms with Gasteiger partial charge in [0.15, 0.2) is 0 Å². The van der Waals surface area contributed by atoms with Crippen LogP contribution in [0.3, 0.4) is 0 Å². The minimum atomic E-state index is -0.295. The molecule has 5 heteroatoms. The number of amides is 1. The molecule has 1 amide bonds. The number of nitrogens with zero attached hydrogens (tertiary/aromatic N) is 1. The van der Waals surface area contributed by atoms with Gasteiger partial charge in [-0.3, -0.25) is 0 Å². The minimum Gasteiger partial charge on any atom is -0.445 e. The van der Waals surface area contributed by atoms with Gasteiger partial charge in [-0.15, -0.1) is 11.8 Å². The molecule has 2 aromatic carbocycles. The molecule has 0 spiro atoms. The van der Waals surface area contributed by atoms with Crippen molar-refractivity contribution in [2.45, 2.75) is 24.7 Å². The maximum Gasteiger partial charge on any atom is 0.410 e. The van der Waals surface area contributed by atoms with E-state index in [-0.39, 0.29) is 19.3 Å². The summed E-state index contributed by atoms with van der Waals surface area (Å²) in [5, 5.41) is 9.28. The molecule has 0 fully saturated rings. The number of carbonyl (C=O) groups excluding carboxylic acids is 1. The Labute approximate surface area is 140 Å². The van der Waals surface area contributed by atoms with Gasteiger partial charge in [-0.25, -0.2) is 4.79 Å². The molecule has 1 heterocycles. The molecule has 2 aromatic rings. The van der Waals surface area contributed by atoms with Crippen LogP contribution < -0.4 is 0 Å². The number of hydrogen-bond acceptors (Lipinski definition) is 4. The van der Waals surface area contributed by atoms with Crippen molar-refractivity contribution in [3.05, 3.63) is 65.2 Å². The van der Waals surface area contributed by atoms with Crippen LogP contribution in [0.5, 0.6) is 0 Å². The van der Waals surface area contributed by atoms with Crippen LogP contribution in [0.1, 0.15) is 16.7 Å². The Morgan fingerprint density at radius 1 is 1.17 bits per heavy atom. The molecule has 3 rings (SSSR count). The van der Waals surface area contributed by atoms with E-state index in [4.69, 9.17) is 4.74 Å². The Balaban J connectivity index is 1.66. The van der Waals surface area contributed by atoms with Gasteiger partial charge in [-0.05, 0) is 22.8 Å². The molecule has 23 heavy (non-hydrogen) atoms. The fraction of sp³-hybridized carbons (Fsp3) is 0.278. The molecule has 0 bridgehead atoms. The van der Waals surface area contributed by atoms with Gasteiger partial charge < -0.3 is 14.7 Å². The number of thioether (sulfide) groups is 1. The van der Waals surface area contributed by atoms with Crippen LogP contribution >= 0.6 is 11.8 Å². The third kappa shape index (κ3) is 4.06. The van der Waals surface area contributed by atoms with Crippen molar-refractivity contribution < 1.29 is 14.6 Å². The second kappa shape index (κ2) is 7.53. The Kier molecular flexibility index (Phi) is 5.20. The van der Waals surface area contributed by atoms with Crippen molar-refractivity contribution in [3.8, 4) is 0 Å². The molecular weight excluding hydrogens is 310 g/mol. The fourth-order valence-electron chi connectivity index (χ4n) is 2.51. The van der Waals surface area contributed by atoms with E-state index in [1.807, 2.05) is 48.5 Å². The molecule has 1 N–H and O–H groups in total. The summed E-state index contributed by atoms with van der Waals surface area (Å²) in [5.41, 5.74) is 2.91. The van der Waals surface area contributed by atoms with Crippen molar-refractivity contribution in [1.29, 1.82) is 0 Å². The number of aliphatic hydroxyl groups excluding tert-OH is 1. The Hall–Kier alpha value is -1.98. The monoisotopic (exact) mass is 329 g/mol. The number of aliphatic hydroxyl groups is 1. The lowest BCUT2D eigenvalue weighted by Gasteiger charge is -2.20. The lowest BCUT2D eigenvalue weighted by atomic mass is 10.1. The van der Waals surface area contributed by atoms with Crippen LogP contribution in [0.4, 0.5) is 4.79 Å². The summed E-state index contributed by atoms with van der Waals surface area (Å²) in [7, 11) is 0. The molecule has 1 aliphatic heterocycles.